The van der Waals surface area contributed by atoms with Crippen molar-refractivity contribution in [2.24, 2.45) is 0 Å². The van der Waals surface area contributed by atoms with Crippen LogP contribution < -0.4 is 10.2 Å². The summed E-state index contributed by atoms with van der Waals surface area (Å²) in [5.74, 6) is -1.19. The molecule has 2 aromatic carbocycles. The Bertz CT molecular complexity index is 925. The van der Waals surface area contributed by atoms with Crippen LogP contribution in [0.1, 0.15) is 5.56 Å². The summed E-state index contributed by atoms with van der Waals surface area (Å²) in [6, 6.07) is 14.9. The Morgan fingerprint density at radius 2 is 1.78 bits per heavy atom. The maximum Gasteiger partial charge on any atom is 0.241 e. The summed E-state index contributed by atoms with van der Waals surface area (Å²) in [6.07, 6.45) is 0. The maximum absolute atomic E-state index is 12.6. The van der Waals surface area contributed by atoms with Crippen LogP contribution >= 0.6 is 11.6 Å². The predicted molar refractivity (Wildman–Crippen MR) is 109 cm³/mol. The first-order valence-electron chi connectivity index (χ1n) is 8.69. The molecule has 0 aliphatic carbocycles. The number of hydrogen-bond acceptors (Lipinski definition) is 4. The second-order valence-corrected chi connectivity index (χ2v) is 8.89. The molecule has 0 bridgehead atoms. The Morgan fingerprint density at radius 1 is 1.07 bits per heavy atom. The number of halogens is 1. The van der Waals surface area contributed by atoms with Crippen LogP contribution in [0.2, 0.25) is 5.02 Å². The molecular weight excluding hydrogens is 386 g/mol. The lowest BCUT2D eigenvalue weighted by atomic mass is 10.2. The van der Waals surface area contributed by atoms with Gasteiger partial charge in [0.1, 0.15) is 5.75 Å². The van der Waals surface area contributed by atoms with Crippen LogP contribution in [-0.4, -0.2) is 50.6 Å². The number of para-hydroxylation sites is 1. The number of hydrogen-bond donors (Lipinski definition) is 1. The molecule has 1 amide bonds. The molecule has 27 heavy (non-hydrogen) atoms. The van der Waals surface area contributed by atoms with E-state index in [0.717, 1.165) is 5.69 Å². The highest BCUT2D eigenvalue weighted by molar-refractivity contribution is 7.89. The summed E-state index contributed by atoms with van der Waals surface area (Å²) < 4.78 is 26.5. The average molecular weight is 408 g/mol. The molecule has 0 radical (unpaired) electrons. The third kappa shape index (κ3) is 5.00. The molecule has 0 saturated carbocycles. The molecule has 0 aromatic heterocycles. The van der Waals surface area contributed by atoms with Crippen LogP contribution in [0.15, 0.2) is 48.5 Å². The second-order valence-electron chi connectivity index (χ2n) is 6.51. The van der Waals surface area contributed by atoms with Gasteiger partial charge >= 0.3 is 0 Å². The molecule has 3 rings (SSSR count). The van der Waals surface area contributed by atoms with Crippen molar-refractivity contribution < 1.29 is 13.2 Å². The van der Waals surface area contributed by atoms with Crippen molar-refractivity contribution in [3.05, 3.63) is 59.1 Å². The van der Waals surface area contributed by atoms with Crippen LogP contribution in [0.5, 0.6) is 0 Å². The summed E-state index contributed by atoms with van der Waals surface area (Å²) in [5, 5.41) is 2.93. The molecule has 6 nitrogen and oxygen atoms in total. The van der Waals surface area contributed by atoms with Crippen LogP contribution in [0.4, 0.5) is 11.4 Å². The number of rotatable bonds is 5. The highest BCUT2D eigenvalue weighted by Gasteiger charge is 2.29. The second kappa shape index (κ2) is 8.29. The van der Waals surface area contributed by atoms with E-state index in [2.05, 4.69) is 16.3 Å². The molecule has 0 atom stereocenters. The Balaban J connectivity index is 1.58. The molecule has 2 aromatic rings. The van der Waals surface area contributed by atoms with Gasteiger partial charge in [0.15, 0.2) is 0 Å². The summed E-state index contributed by atoms with van der Waals surface area (Å²) in [5.41, 5.74) is 2.66. The zero-order valence-electron chi connectivity index (χ0n) is 15.1. The number of amides is 1. The summed E-state index contributed by atoms with van der Waals surface area (Å²) in [7, 11) is -3.68. The number of carbonyl (C=O) groups is 1. The predicted octanol–water partition coefficient (Wildman–Crippen LogP) is 2.74. The van der Waals surface area contributed by atoms with E-state index in [4.69, 9.17) is 11.6 Å². The summed E-state index contributed by atoms with van der Waals surface area (Å²) >= 11 is 5.99. The van der Waals surface area contributed by atoms with Gasteiger partial charge < -0.3 is 10.2 Å². The molecular formula is C19H22ClN3O3S. The number of benzene rings is 2. The van der Waals surface area contributed by atoms with Gasteiger partial charge in [-0.3, -0.25) is 4.79 Å². The van der Waals surface area contributed by atoms with E-state index in [-0.39, 0.29) is 0 Å². The van der Waals surface area contributed by atoms with E-state index in [0.29, 0.717) is 36.9 Å². The molecule has 1 aliphatic rings. The van der Waals surface area contributed by atoms with Gasteiger partial charge in [-0.15, -0.1) is 0 Å². The molecule has 1 saturated heterocycles. The van der Waals surface area contributed by atoms with E-state index in [1.165, 1.54) is 9.87 Å². The normalized spacial score (nSPS) is 15.6. The third-order valence-corrected chi connectivity index (χ3v) is 6.57. The van der Waals surface area contributed by atoms with E-state index in [1.807, 2.05) is 25.1 Å². The fourth-order valence-electron chi connectivity index (χ4n) is 3.05. The minimum atomic E-state index is -3.68. The number of nitrogens with zero attached hydrogens (tertiary/aromatic N) is 2. The van der Waals surface area contributed by atoms with E-state index >= 15 is 0 Å². The average Bonchev–Trinajstić information content (AvgIpc) is 2.63. The Hall–Kier alpha value is -2.09. The Labute approximate surface area is 164 Å². The van der Waals surface area contributed by atoms with Crippen molar-refractivity contribution in [2.45, 2.75) is 6.92 Å². The number of piperazine rings is 1. The first-order chi connectivity index (χ1) is 12.8. The minimum absolute atomic E-state index is 0.357. The number of nitrogens with one attached hydrogen (secondary N) is 1. The standard InChI is InChI=1S/C19H22ClN3O3S/c1-15-5-4-6-16(13-15)22-9-11-23(12-10-22)27(25,26)14-19(24)21-18-8-3-2-7-17(18)20/h2-8,13H,9-12,14H2,1H3,(H,21,24). The van der Waals surface area contributed by atoms with Crippen molar-refractivity contribution in [3.63, 3.8) is 0 Å². The maximum atomic E-state index is 12.6. The lowest BCUT2D eigenvalue weighted by molar-refractivity contribution is -0.113. The quantitative estimate of drug-likeness (QED) is 0.827. The molecule has 1 N–H and O–H groups in total. The van der Waals surface area contributed by atoms with Crippen molar-refractivity contribution >= 4 is 38.9 Å². The SMILES string of the molecule is Cc1cccc(N2CCN(S(=O)(=O)CC(=O)Nc3ccccc3Cl)CC2)c1. The van der Waals surface area contributed by atoms with Crippen LogP contribution in [0, 0.1) is 6.92 Å². The van der Waals surface area contributed by atoms with Gasteiger partial charge in [-0.2, -0.15) is 4.31 Å². The van der Waals surface area contributed by atoms with Gasteiger partial charge in [-0.1, -0.05) is 35.9 Å². The molecule has 1 aliphatic heterocycles. The van der Waals surface area contributed by atoms with Crippen molar-refractivity contribution in [1.29, 1.82) is 0 Å². The molecule has 0 spiro atoms. The van der Waals surface area contributed by atoms with Crippen molar-refractivity contribution in [1.82, 2.24) is 4.31 Å². The topological polar surface area (TPSA) is 69.7 Å². The first kappa shape index (κ1) is 19.7. The van der Waals surface area contributed by atoms with Crippen molar-refractivity contribution in [2.75, 3.05) is 42.1 Å². The zero-order chi connectivity index (χ0) is 19.4. The fraction of sp³-hybridized carbons (Fsp3) is 0.316. The number of aryl methyl sites for hydroxylation is 1. The number of carbonyl (C=O) groups excluding carboxylic acids is 1. The number of sulfonamides is 1. The van der Waals surface area contributed by atoms with Gasteiger partial charge in [0, 0.05) is 31.9 Å². The molecule has 0 unspecified atom stereocenters. The van der Waals surface area contributed by atoms with E-state index in [9.17, 15) is 13.2 Å². The fourth-order valence-corrected chi connectivity index (χ4v) is 4.54. The molecule has 144 valence electrons. The van der Waals surface area contributed by atoms with Crippen LogP contribution in [0.3, 0.4) is 0 Å². The van der Waals surface area contributed by atoms with E-state index < -0.39 is 21.7 Å². The summed E-state index contributed by atoms with van der Waals surface area (Å²) in [4.78, 5) is 14.3. The number of anilines is 2. The van der Waals surface area contributed by atoms with E-state index in [1.54, 1.807) is 24.3 Å². The lowest BCUT2D eigenvalue weighted by Gasteiger charge is -2.35. The molecule has 8 heteroatoms. The Kier molecular flexibility index (Phi) is 6.04. The van der Waals surface area contributed by atoms with Gasteiger partial charge in [0.25, 0.3) is 0 Å². The van der Waals surface area contributed by atoms with Gasteiger partial charge in [0.05, 0.1) is 10.7 Å². The molecule has 1 fully saturated rings. The monoisotopic (exact) mass is 407 g/mol. The van der Waals surface area contributed by atoms with Crippen molar-refractivity contribution in [3.8, 4) is 0 Å². The van der Waals surface area contributed by atoms with Gasteiger partial charge in [-0.05, 0) is 36.8 Å². The highest BCUT2D eigenvalue weighted by atomic mass is 35.5. The highest BCUT2D eigenvalue weighted by Crippen LogP contribution is 2.21. The third-order valence-electron chi connectivity index (χ3n) is 4.46. The lowest BCUT2D eigenvalue weighted by Crippen LogP contribution is -2.50. The minimum Gasteiger partial charge on any atom is -0.369 e. The smallest absolute Gasteiger partial charge is 0.241 e. The largest absolute Gasteiger partial charge is 0.369 e. The molecule has 1 heterocycles. The Morgan fingerprint density at radius 3 is 2.44 bits per heavy atom. The first-order valence-corrected chi connectivity index (χ1v) is 10.7. The van der Waals surface area contributed by atoms with Gasteiger partial charge in [-0.25, -0.2) is 8.42 Å². The van der Waals surface area contributed by atoms with Crippen LogP contribution in [0.25, 0.3) is 0 Å². The van der Waals surface area contributed by atoms with Crippen LogP contribution in [-0.2, 0) is 14.8 Å². The zero-order valence-corrected chi connectivity index (χ0v) is 16.6. The van der Waals surface area contributed by atoms with Gasteiger partial charge in [0.2, 0.25) is 15.9 Å². The summed E-state index contributed by atoms with van der Waals surface area (Å²) in [6.45, 7) is 3.93.